The van der Waals surface area contributed by atoms with E-state index in [1.54, 1.807) is 49.1 Å². The monoisotopic (exact) mass is 580 g/mol. The van der Waals surface area contributed by atoms with Crippen LogP contribution < -0.4 is 4.74 Å². The fourth-order valence-corrected chi connectivity index (χ4v) is 4.63. The van der Waals surface area contributed by atoms with E-state index >= 15 is 0 Å². The molecule has 3 rings (SSSR count). The summed E-state index contributed by atoms with van der Waals surface area (Å²) < 4.78 is 47.1. The number of amides is 1. The fraction of sp³-hybridized carbons (Fsp3) is 0.444. The molecule has 0 spiro atoms. The van der Waals surface area contributed by atoms with Crippen LogP contribution in [0, 0.1) is 5.92 Å². The predicted molar refractivity (Wildman–Crippen MR) is 147 cm³/mol. The number of carbonyl (C=O) groups excluding carboxylic acids is 2. The number of nitrogens with zero attached hydrogens (tertiary/aromatic N) is 2. The van der Waals surface area contributed by atoms with Gasteiger partial charge in [0.25, 0.3) is 10.1 Å². The predicted octanol–water partition coefficient (Wildman–Crippen LogP) is 4.03. The van der Waals surface area contributed by atoms with Gasteiger partial charge in [-0.05, 0) is 50.0 Å². The van der Waals surface area contributed by atoms with Gasteiger partial charge in [-0.15, -0.1) is 0 Å². The van der Waals surface area contributed by atoms with E-state index in [1.807, 2.05) is 0 Å². The van der Waals surface area contributed by atoms with Crippen molar-refractivity contribution in [1.29, 1.82) is 0 Å². The fourth-order valence-electron chi connectivity index (χ4n) is 4.29. The van der Waals surface area contributed by atoms with Crippen LogP contribution in [0.15, 0.2) is 63.9 Å². The van der Waals surface area contributed by atoms with E-state index in [1.165, 1.54) is 6.21 Å². The molecule has 0 unspecified atom stereocenters. The number of carbonyl (C=O) groups is 2. The summed E-state index contributed by atoms with van der Waals surface area (Å²) in [6, 6.07) is 6.56. The second kappa shape index (κ2) is 13.9. The smallest absolute Gasteiger partial charge is 0.336 e. The van der Waals surface area contributed by atoms with Gasteiger partial charge in [0.15, 0.2) is 0 Å². The number of hydrogen-bond acceptors (Lipinski definition) is 8. The van der Waals surface area contributed by atoms with Crippen molar-refractivity contribution in [3.05, 3.63) is 64.5 Å². The van der Waals surface area contributed by atoms with Crippen molar-refractivity contribution in [3.8, 4) is 5.75 Å². The van der Waals surface area contributed by atoms with Crippen LogP contribution >= 0.6 is 11.6 Å². The van der Waals surface area contributed by atoms with Crippen LogP contribution in [0.5, 0.6) is 5.75 Å². The van der Waals surface area contributed by atoms with Crippen LogP contribution in [0.3, 0.4) is 0 Å². The van der Waals surface area contributed by atoms with Gasteiger partial charge in [0.05, 0.1) is 18.2 Å². The van der Waals surface area contributed by atoms with Crippen LogP contribution in [0.2, 0.25) is 0 Å². The molecule has 1 fully saturated rings. The van der Waals surface area contributed by atoms with Crippen LogP contribution in [0.4, 0.5) is 0 Å². The van der Waals surface area contributed by atoms with Crippen LogP contribution in [-0.4, -0.2) is 67.6 Å². The van der Waals surface area contributed by atoms with E-state index in [-0.39, 0.29) is 36.8 Å². The van der Waals surface area contributed by atoms with Gasteiger partial charge in [-0.2, -0.15) is 8.42 Å². The summed E-state index contributed by atoms with van der Waals surface area (Å²) in [7, 11) is -4.11. The Morgan fingerprint density at radius 2 is 2.05 bits per heavy atom. The van der Waals surface area contributed by atoms with E-state index in [9.17, 15) is 18.0 Å². The Morgan fingerprint density at radius 1 is 1.33 bits per heavy atom. The van der Waals surface area contributed by atoms with E-state index in [4.69, 9.17) is 30.4 Å². The highest BCUT2D eigenvalue weighted by molar-refractivity contribution is 7.85. The third kappa shape index (κ3) is 9.03. The number of hydrogen-bond donors (Lipinski definition) is 1. The molecular weight excluding hydrogens is 548 g/mol. The van der Waals surface area contributed by atoms with Gasteiger partial charge in [-0.3, -0.25) is 9.35 Å². The molecule has 0 radical (unpaired) electrons. The van der Waals surface area contributed by atoms with Gasteiger partial charge in [0.1, 0.15) is 29.9 Å². The maximum atomic E-state index is 13.4. The van der Waals surface area contributed by atoms with E-state index < -0.39 is 27.8 Å². The molecule has 2 atom stereocenters. The third-order valence-corrected chi connectivity index (χ3v) is 7.39. The maximum Gasteiger partial charge on any atom is 0.336 e. The van der Waals surface area contributed by atoms with Gasteiger partial charge < -0.3 is 19.1 Å². The van der Waals surface area contributed by atoms with Crippen molar-refractivity contribution < 1.29 is 36.8 Å². The SMILES string of the molecule is C=C(/C=N\C(Cl)=C/C)[C@@H]1CC(=O)N(C[C@H]2CCCO2)C(C)=C1C(=O)OCc1ccc(OCCS(=O)(=O)O)cc1. The van der Waals surface area contributed by atoms with Gasteiger partial charge in [0.2, 0.25) is 5.91 Å². The van der Waals surface area contributed by atoms with Crippen molar-refractivity contribution >= 4 is 39.8 Å². The van der Waals surface area contributed by atoms with Crippen LogP contribution in [-0.2, 0) is 35.8 Å². The molecule has 12 heteroatoms. The number of benzene rings is 1. The molecular formula is C27H33ClN2O8S. The molecule has 1 aromatic carbocycles. The van der Waals surface area contributed by atoms with Crippen molar-refractivity contribution in [1.82, 2.24) is 4.90 Å². The highest BCUT2D eigenvalue weighted by Gasteiger charge is 2.38. The molecule has 2 aliphatic rings. The molecule has 0 aliphatic carbocycles. The summed E-state index contributed by atoms with van der Waals surface area (Å²) in [4.78, 5) is 32.2. The third-order valence-electron chi connectivity index (χ3n) is 6.40. The summed E-state index contributed by atoms with van der Waals surface area (Å²) in [5.74, 6) is -1.47. The molecule has 39 heavy (non-hydrogen) atoms. The van der Waals surface area contributed by atoms with E-state index in [0.717, 1.165) is 12.8 Å². The molecule has 10 nitrogen and oxygen atoms in total. The molecule has 1 amide bonds. The Bertz CT molecular complexity index is 1260. The summed E-state index contributed by atoms with van der Waals surface area (Å²) >= 11 is 5.98. The molecule has 1 N–H and O–H groups in total. The van der Waals surface area contributed by atoms with Crippen molar-refractivity contribution in [2.24, 2.45) is 10.9 Å². The summed E-state index contributed by atoms with van der Waals surface area (Å²) in [6.07, 6.45) is 4.78. The minimum absolute atomic E-state index is 0.0302. The highest BCUT2D eigenvalue weighted by Crippen LogP contribution is 2.34. The number of rotatable bonds is 12. The average molecular weight is 581 g/mol. The molecule has 1 saturated heterocycles. The van der Waals surface area contributed by atoms with Crippen molar-refractivity contribution in [2.45, 2.75) is 45.8 Å². The van der Waals surface area contributed by atoms with Gasteiger partial charge in [0, 0.05) is 30.9 Å². The number of aliphatic imine (C=N–C) groups is 1. The molecule has 0 saturated carbocycles. The Kier molecular flexibility index (Phi) is 10.9. The summed E-state index contributed by atoms with van der Waals surface area (Å²) in [5, 5.41) is 0.258. The van der Waals surface area contributed by atoms with Gasteiger partial charge >= 0.3 is 5.97 Å². The minimum Gasteiger partial charge on any atom is -0.492 e. The lowest BCUT2D eigenvalue weighted by Gasteiger charge is -2.35. The van der Waals surface area contributed by atoms with E-state index in [0.29, 0.717) is 41.3 Å². The topological polar surface area (TPSA) is 132 Å². The highest BCUT2D eigenvalue weighted by atomic mass is 35.5. The Labute approximate surface area is 233 Å². The normalized spacial score (nSPS) is 20.6. The first kappa shape index (κ1) is 30.6. The zero-order valence-corrected chi connectivity index (χ0v) is 23.5. The quantitative estimate of drug-likeness (QED) is 0.170. The van der Waals surface area contributed by atoms with Crippen LogP contribution in [0.1, 0.15) is 38.7 Å². The number of esters is 1. The first-order valence-corrected chi connectivity index (χ1v) is 14.5. The maximum absolute atomic E-state index is 13.4. The Balaban J connectivity index is 1.76. The minimum atomic E-state index is -4.11. The van der Waals surface area contributed by atoms with E-state index in [2.05, 4.69) is 11.6 Å². The number of ether oxygens (including phenoxy) is 3. The summed E-state index contributed by atoms with van der Waals surface area (Å²) in [6.45, 7) is 8.27. The standard InChI is InChI=1S/C27H33ClN2O8S/c1-4-24(28)29-15-18(2)23-14-25(31)30(16-22-6-5-11-36-22)19(3)26(23)27(32)38-17-20-7-9-21(10-8-20)37-12-13-39(33,34)35/h4,7-10,15,22-23H,2,5-6,11-14,16-17H2,1,3H3,(H,33,34,35)/b24-4-,29-15-/t22-,23+/m1/s1. The molecule has 1 aromatic rings. The largest absolute Gasteiger partial charge is 0.492 e. The lowest BCUT2D eigenvalue weighted by Crippen LogP contribution is -2.43. The Hall–Kier alpha value is -2.99. The molecule has 0 bridgehead atoms. The van der Waals surface area contributed by atoms with Crippen molar-refractivity contribution in [3.63, 3.8) is 0 Å². The summed E-state index contributed by atoms with van der Waals surface area (Å²) in [5.41, 5.74) is 1.94. The molecule has 2 heterocycles. The van der Waals surface area contributed by atoms with Crippen molar-refractivity contribution in [2.75, 3.05) is 25.5 Å². The first-order chi connectivity index (χ1) is 18.5. The molecule has 212 valence electrons. The van der Waals surface area contributed by atoms with Gasteiger partial charge in [-0.25, -0.2) is 9.79 Å². The number of allylic oxidation sites excluding steroid dienone is 3. The van der Waals surface area contributed by atoms with Crippen LogP contribution in [0.25, 0.3) is 0 Å². The second-order valence-electron chi connectivity index (χ2n) is 9.19. The van der Waals surface area contributed by atoms with Gasteiger partial charge in [-0.1, -0.05) is 36.4 Å². The lowest BCUT2D eigenvalue weighted by atomic mass is 9.84. The Morgan fingerprint density at radius 3 is 2.67 bits per heavy atom. The zero-order valence-electron chi connectivity index (χ0n) is 22.0. The first-order valence-electron chi connectivity index (χ1n) is 12.5. The second-order valence-corrected chi connectivity index (χ2v) is 11.2. The number of halogens is 1. The molecule has 0 aromatic heterocycles. The molecule has 2 aliphatic heterocycles. The average Bonchev–Trinajstić information content (AvgIpc) is 3.41. The zero-order chi connectivity index (χ0) is 28.6. The lowest BCUT2D eigenvalue weighted by molar-refractivity contribution is -0.142.